The zero-order valence-corrected chi connectivity index (χ0v) is 10.1. The fraction of sp³-hybridized carbons (Fsp3) is 0.667. The van der Waals surface area contributed by atoms with Crippen LogP contribution in [-0.2, 0) is 4.79 Å². The Morgan fingerprint density at radius 3 is 2.94 bits per heavy atom. The number of hydrogen-bond donors (Lipinski definition) is 2. The number of nitrogens with one attached hydrogen (secondary N) is 1. The molecule has 16 heavy (non-hydrogen) atoms. The lowest BCUT2D eigenvalue weighted by atomic mass is 10.2. The molecule has 0 bridgehead atoms. The maximum atomic E-state index is 11.5. The van der Waals surface area contributed by atoms with Crippen molar-refractivity contribution in [3.63, 3.8) is 0 Å². The molecule has 1 rings (SSSR count). The summed E-state index contributed by atoms with van der Waals surface area (Å²) in [6.45, 7) is 3.96. The lowest BCUT2D eigenvalue weighted by Gasteiger charge is -2.12. The molecule has 1 heterocycles. The number of carboxylic acids is 1. The number of aromatic nitrogens is 3. The number of nitrogens with zero attached hydrogens (tertiary/aromatic N) is 2. The number of hydrogen-bond acceptors (Lipinski definition) is 4. The van der Waals surface area contributed by atoms with Gasteiger partial charge in [-0.25, -0.2) is 9.89 Å². The number of thioether (sulfide) groups is 1. The second-order valence-corrected chi connectivity index (χ2v) is 4.44. The van der Waals surface area contributed by atoms with Crippen molar-refractivity contribution in [1.82, 2.24) is 14.8 Å². The van der Waals surface area contributed by atoms with Crippen LogP contribution in [0.5, 0.6) is 0 Å². The van der Waals surface area contributed by atoms with E-state index in [0.717, 1.165) is 24.6 Å². The average molecular weight is 245 g/mol. The van der Waals surface area contributed by atoms with Crippen LogP contribution in [0.1, 0.15) is 32.7 Å². The van der Waals surface area contributed by atoms with Crippen molar-refractivity contribution < 1.29 is 9.90 Å². The summed E-state index contributed by atoms with van der Waals surface area (Å²) < 4.78 is 1.51. The summed E-state index contributed by atoms with van der Waals surface area (Å²) in [5, 5.41) is 15.2. The van der Waals surface area contributed by atoms with Crippen LogP contribution >= 0.6 is 11.8 Å². The molecule has 0 fully saturated rings. The maximum Gasteiger partial charge on any atom is 0.344 e. The second-order valence-electron chi connectivity index (χ2n) is 3.50. The van der Waals surface area contributed by atoms with Crippen molar-refractivity contribution in [1.29, 1.82) is 0 Å². The van der Waals surface area contributed by atoms with Gasteiger partial charge in [-0.05, 0) is 13.3 Å². The first-order chi connectivity index (χ1) is 7.56. The van der Waals surface area contributed by atoms with Gasteiger partial charge in [0.25, 0.3) is 0 Å². The molecule has 0 aliphatic carbocycles. The third kappa shape index (κ3) is 3.13. The summed E-state index contributed by atoms with van der Waals surface area (Å²) in [5.41, 5.74) is -0.283. The molecule has 0 amide bonds. The molecule has 6 nitrogen and oxygen atoms in total. The molecule has 0 saturated carbocycles. The Hall–Kier alpha value is -1.24. The number of aliphatic carboxylic acids is 1. The van der Waals surface area contributed by atoms with E-state index in [1.54, 1.807) is 0 Å². The van der Waals surface area contributed by atoms with Gasteiger partial charge in [-0.2, -0.15) is 0 Å². The fourth-order valence-corrected chi connectivity index (χ4v) is 2.22. The fourth-order valence-electron chi connectivity index (χ4n) is 1.45. The van der Waals surface area contributed by atoms with Gasteiger partial charge in [0, 0.05) is 6.04 Å². The van der Waals surface area contributed by atoms with E-state index in [1.165, 1.54) is 4.57 Å². The van der Waals surface area contributed by atoms with Gasteiger partial charge < -0.3 is 5.11 Å². The molecule has 1 aromatic rings. The molecule has 2 N–H and O–H groups in total. The first kappa shape index (κ1) is 12.8. The van der Waals surface area contributed by atoms with Crippen LogP contribution in [0, 0.1) is 0 Å². The summed E-state index contributed by atoms with van der Waals surface area (Å²) in [6.07, 6.45) is 1.82. The highest BCUT2D eigenvalue weighted by atomic mass is 32.2. The van der Waals surface area contributed by atoms with Gasteiger partial charge in [-0.1, -0.05) is 25.1 Å². The average Bonchev–Trinajstić information content (AvgIpc) is 2.57. The van der Waals surface area contributed by atoms with Crippen LogP contribution in [0.4, 0.5) is 0 Å². The molecule has 0 radical (unpaired) electrons. The third-order valence-corrected chi connectivity index (χ3v) is 3.08. The zero-order valence-electron chi connectivity index (χ0n) is 9.27. The van der Waals surface area contributed by atoms with Crippen LogP contribution in [-0.4, -0.2) is 31.6 Å². The molecule has 0 aromatic carbocycles. The lowest BCUT2D eigenvalue weighted by Crippen LogP contribution is -2.21. The molecular formula is C9H15N3O3S. The summed E-state index contributed by atoms with van der Waals surface area (Å²) >= 11 is 1.05. The Balaban J connectivity index is 2.85. The number of aromatic amines is 1. The molecule has 0 saturated heterocycles. The van der Waals surface area contributed by atoms with E-state index in [2.05, 4.69) is 10.2 Å². The van der Waals surface area contributed by atoms with E-state index < -0.39 is 5.97 Å². The first-order valence-electron chi connectivity index (χ1n) is 5.07. The summed E-state index contributed by atoms with van der Waals surface area (Å²) in [7, 11) is 0. The Bertz CT molecular complexity index is 412. The minimum Gasteiger partial charge on any atom is -0.481 e. The molecule has 90 valence electrons. The van der Waals surface area contributed by atoms with Crippen molar-refractivity contribution in [2.24, 2.45) is 0 Å². The molecule has 0 spiro atoms. The standard InChI is InChI=1S/C9H15N3O3S/c1-3-4-6(2)12-8(15)10-11-9(12)16-5-7(13)14/h6H,3-5H2,1-2H3,(H,10,15)(H,13,14). The van der Waals surface area contributed by atoms with Gasteiger partial charge in [0.05, 0.1) is 5.75 Å². The van der Waals surface area contributed by atoms with Crippen LogP contribution in [0.2, 0.25) is 0 Å². The summed E-state index contributed by atoms with van der Waals surface area (Å²) in [5.74, 6) is -1.02. The Kier molecular flexibility index (Phi) is 4.60. The zero-order chi connectivity index (χ0) is 12.1. The molecule has 0 aliphatic heterocycles. The summed E-state index contributed by atoms with van der Waals surface area (Å²) in [6, 6.07) is 0.0348. The normalized spacial score (nSPS) is 12.6. The monoisotopic (exact) mass is 245 g/mol. The molecule has 0 aliphatic rings. The Morgan fingerprint density at radius 1 is 1.69 bits per heavy atom. The van der Waals surface area contributed by atoms with E-state index in [1.807, 2.05) is 13.8 Å². The molecular weight excluding hydrogens is 230 g/mol. The van der Waals surface area contributed by atoms with Crippen molar-refractivity contribution in [2.45, 2.75) is 37.9 Å². The van der Waals surface area contributed by atoms with Gasteiger partial charge in [0.2, 0.25) is 0 Å². The quantitative estimate of drug-likeness (QED) is 0.733. The van der Waals surface area contributed by atoms with Crippen LogP contribution in [0.25, 0.3) is 0 Å². The number of carboxylic acid groups (broad SMARTS) is 1. The van der Waals surface area contributed by atoms with Gasteiger partial charge in [-0.15, -0.1) is 5.10 Å². The van der Waals surface area contributed by atoms with Gasteiger partial charge in [0.1, 0.15) is 0 Å². The summed E-state index contributed by atoms with van der Waals surface area (Å²) in [4.78, 5) is 21.9. The Labute approximate surface area is 97.1 Å². The van der Waals surface area contributed by atoms with Crippen LogP contribution in [0.15, 0.2) is 9.95 Å². The number of carbonyl (C=O) groups is 1. The van der Waals surface area contributed by atoms with Gasteiger partial charge >= 0.3 is 11.7 Å². The highest BCUT2D eigenvalue weighted by molar-refractivity contribution is 7.99. The van der Waals surface area contributed by atoms with Crippen LogP contribution in [0.3, 0.4) is 0 Å². The van der Waals surface area contributed by atoms with Crippen molar-refractivity contribution >= 4 is 17.7 Å². The number of rotatable bonds is 6. The maximum absolute atomic E-state index is 11.5. The topological polar surface area (TPSA) is 88.0 Å². The lowest BCUT2D eigenvalue weighted by molar-refractivity contribution is -0.133. The highest BCUT2D eigenvalue weighted by Gasteiger charge is 2.15. The van der Waals surface area contributed by atoms with Crippen LogP contribution < -0.4 is 5.69 Å². The van der Waals surface area contributed by atoms with Crippen molar-refractivity contribution in [3.05, 3.63) is 10.5 Å². The predicted molar refractivity (Wildman–Crippen MR) is 60.8 cm³/mol. The van der Waals surface area contributed by atoms with Gasteiger partial charge in [0.15, 0.2) is 5.16 Å². The smallest absolute Gasteiger partial charge is 0.344 e. The van der Waals surface area contributed by atoms with Crippen molar-refractivity contribution in [3.8, 4) is 0 Å². The second kappa shape index (κ2) is 5.74. The predicted octanol–water partition coefficient (Wildman–Crippen LogP) is 1.11. The minimum atomic E-state index is -0.921. The molecule has 1 atom stereocenters. The third-order valence-electron chi connectivity index (χ3n) is 2.14. The number of H-pyrrole nitrogens is 1. The Morgan fingerprint density at radius 2 is 2.38 bits per heavy atom. The largest absolute Gasteiger partial charge is 0.481 e. The first-order valence-corrected chi connectivity index (χ1v) is 6.06. The van der Waals surface area contributed by atoms with E-state index in [4.69, 9.17) is 5.11 Å². The highest BCUT2D eigenvalue weighted by Crippen LogP contribution is 2.19. The minimum absolute atomic E-state index is 0.0348. The van der Waals surface area contributed by atoms with E-state index in [-0.39, 0.29) is 17.5 Å². The van der Waals surface area contributed by atoms with E-state index in [0.29, 0.717) is 5.16 Å². The van der Waals surface area contributed by atoms with Gasteiger partial charge in [-0.3, -0.25) is 9.36 Å². The van der Waals surface area contributed by atoms with E-state index in [9.17, 15) is 9.59 Å². The SMILES string of the molecule is CCCC(C)n1c(SCC(=O)O)n[nH]c1=O. The molecule has 1 unspecified atom stereocenters. The molecule has 1 aromatic heterocycles. The van der Waals surface area contributed by atoms with E-state index >= 15 is 0 Å². The van der Waals surface area contributed by atoms with Crippen molar-refractivity contribution in [2.75, 3.05) is 5.75 Å². The molecule has 7 heteroatoms.